The Morgan fingerprint density at radius 1 is 0.786 bits per heavy atom. The van der Waals surface area contributed by atoms with Gasteiger partial charge in [-0.05, 0) is 35.1 Å². The molecule has 0 amide bonds. The number of aliphatic imine (C=N–C) groups is 1. The molecule has 2 heteroatoms. The van der Waals surface area contributed by atoms with E-state index in [9.17, 15) is 0 Å². The summed E-state index contributed by atoms with van der Waals surface area (Å²) >= 11 is 0. The van der Waals surface area contributed by atoms with Crippen LogP contribution in [0, 0.1) is 5.41 Å². The Labute approximate surface area is 169 Å². The van der Waals surface area contributed by atoms with Crippen molar-refractivity contribution in [3.63, 3.8) is 0 Å². The molecule has 2 nitrogen and oxygen atoms in total. The van der Waals surface area contributed by atoms with Gasteiger partial charge in [0, 0.05) is 10.8 Å². The second-order valence-corrected chi connectivity index (χ2v) is 9.19. The van der Waals surface area contributed by atoms with Gasteiger partial charge < -0.3 is 0 Å². The molecule has 0 fully saturated rings. The van der Waals surface area contributed by atoms with Crippen LogP contribution in [0.5, 0.6) is 0 Å². The summed E-state index contributed by atoms with van der Waals surface area (Å²) in [6.45, 7) is 15.6. The lowest BCUT2D eigenvalue weighted by atomic mass is 9.86. The first kappa shape index (κ1) is 20.3. The highest BCUT2D eigenvalue weighted by molar-refractivity contribution is 6.05. The lowest BCUT2D eigenvalue weighted by Gasteiger charge is -2.24. The van der Waals surface area contributed by atoms with Crippen LogP contribution in [0.25, 0.3) is 10.9 Å². The van der Waals surface area contributed by atoms with Gasteiger partial charge in [-0.15, -0.1) is 0 Å². The highest BCUT2D eigenvalue weighted by atomic mass is 14.8. The Kier molecular flexibility index (Phi) is 5.69. The van der Waals surface area contributed by atoms with Crippen molar-refractivity contribution in [1.82, 2.24) is 4.98 Å². The highest BCUT2D eigenvalue weighted by Gasteiger charge is 2.24. The van der Waals surface area contributed by atoms with E-state index in [0.717, 1.165) is 28.0 Å². The first-order valence-corrected chi connectivity index (χ1v) is 10.3. The van der Waals surface area contributed by atoms with E-state index in [1.54, 1.807) is 0 Å². The van der Waals surface area contributed by atoms with Crippen LogP contribution in [0.1, 0.15) is 77.1 Å². The fraction of sp³-hybridized carbons (Fsp3) is 0.385. The number of fused-ring (bicyclic) bond motifs is 1. The molecule has 0 bridgehead atoms. The first-order valence-electron chi connectivity index (χ1n) is 10.3. The van der Waals surface area contributed by atoms with E-state index in [1.807, 2.05) is 6.07 Å². The van der Waals surface area contributed by atoms with Gasteiger partial charge in [0.15, 0.2) is 0 Å². The van der Waals surface area contributed by atoms with Gasteiger partial charge in [0.05, 0.1) is 22.6 Å². The van der Waals surface area contributed by atoms with E-state index in [1.165, 1.54) is 11.1 Å². The highest BCUT2D eigenvalue weighted by Crippen LogP contribution is 2.37. The molecular formula is C26H32N2. The molecule has 0 spiro atoms. The molecule has 146 valence electrons. The second kappa shape index (κ2) is 7.87. The molecule has 3 aromatic rings. The summed E-state index contributed by atoms with van der Waals surface area (Å²) in [7, 11) is 0. The normalized spacial score (nSPS) is 13.0. The standard InChI is InChI=1S/C26H32N2/c1-17(2)20-12-10-13-21(18(3)4)24(20)28-25(26(5,6)7)23-16-15-19-11-8-9-14-22(19)27-23/h8-18H,1-7H3. The maximum absolute atomic E-state index is 5.30. The van der Waals surface area contributed by atoms with Crippen molar-refractivity contribution in [1.29, 1.82) is 0 Å². The Bertz CT molecular complexity index is 978. The van der Waals surface area contributed by atoms with Gasteiger partial charge in [0.2, 0.25) is 0 Å². The number of hydrogen-bond donors (Lipinski definition) is 0. The predicted octanol–water partition coefficient (Wildman–Crippen LogP) is 7.65. The average Bonchev–Trinajstić information content (AvgIpc) is 2.64. The molecule has 0 radical (unpaired) electrons. The fourth-order valence-corrected chi connectivity index (χ4v) is 3.56. The second-order valence-electron chi connectivity index (χ2n) is 9.19. The van der Waals surface area contributed by atoms with Gasteiger partial charge in [-0.2, -0.15) is 0 Å². The van der Waals surface area contributed by atoms with Crippen LogP contribution in [0.2, 0.25) is 0 Å². The number of para-hydroxylation sites is 2. The molecule has 3 rings (SSSR count). The number of aromatic nitrogens is 1. The quantitative estimate of drug-likeness (QED) is 0.432. The SMILES string of the molecule is CC(C)c1cccc(C(C)C)c1N=C(c1ccc2ccccc2n1)C(C)(C)C. The molecule has 1 aromatic heterocycles. The maximum atomic E-state index is 5.30. The molecular weight excluding hydrogens is 340 g/mol. The molecule has 0 unspecified atom stereocenters. The monoisotopic (exact) mass is 372 g/mol. The van der Waals surface area contributed by atoms with Crippen LogP contribution < -0.4 is 0 Å². The minimum Gasteiger partial charge on any atom is -0.250 e. The first-order chi connectivity index (χ1) is 13.2. The molecule has 0 saturated carbocycles. The average molecular weight is 373 g/mol. The zero-order valence-corrected chi connectivity index (χ0v) is 18.2. The number of hydrogen-bond acceptors (Lipinski definition) is 2. The zero-order chi connectivity index (χ0) is 20.5. The van der Waals surface area contributed by atoms with Crippen LogP contribution >= 0.6 is 0 Å². The van der Waals surface area contributed by atoms with Crippen LogP contribution in [0.3, 0.4) is 0 Å². The minimum absolute atomic E-state index is 0.117. The molecule has 0 aliphatic rings. The molecule has 1 heterocycles. The smallest absolute Gasteiger partial charge is 0.0857 e. The van der Waals surface area contributed by atoms with Gasteiger partial charge in [-0.1, -0.05) is 90.9 Å². The van der Waals surface area contributed by atoms with Gasteiger partial charge in [0.25, 0.3) is 0 Å². The van der Waals surface area contributed by atoms with E-state index in [4.69, 9.17) is 9.98 Å². The van der Waals surface area contributed by atoms with Crippen molar-refractivity contribution in [3.8, 4) is 0 Å². The van der Waals surface area contributed by atoms with Gasteiger partial charge in [-0.25, -0.2) is 4.98 Å². The third-order valence-corrected chi connectivity index (χ3v) is 5.12. The topological polar surface area (TPSA) is 25.2 Å². The van der Waals surface area contributed by atoms with Crippen molar-refractivity contribution >= 4 is 22.3 Å². The van der Waals surface area contributed by atoms with Crippen molar-refractivity contribution in [2.45, 2.75) is 60.3 Å². The van der Waals surface area contributed by atoms with E-state index in [2.05, 4.69) is 97.0 Å². The molecule has 0 saturated heterocycles. The predicted molar refractivity (Wildman–Crippen MR) is 122 cm³/mol. The molecule has 2 aromatic carbocycles. The summed E-state index contributed by atoms with van der Waals surface area (Å²) in [4.78, 5) is 10.3. The van der Waals surface area contributed by atoms with Crippen LogP contribution in [0.15, 0.2) is 59.6 Å². The third kappa shape index (κ3) is 4.16. The third-order valence-electron chi connectivity index (χ3n) is 5.12. The Hall–Kier alpha value is -2.48. The van der Waals surface area contributed by atoms with Crippen molar-refractivity contribution < 1.29 is 0 Å². The number of rotatable bonds is 4. The number of nitrogens with zero attached hydrogens (tertiary/aromatic N) is 2. The summed E-state index contributed by atoms with van der Waals surface area (Å²) in [5, 5.41) is 1.16. The number of pyridine rings is 1. The molecule has 0 N–H and O–H groups in total. The maximum Gasteiger partial charge on any atom is 0.0857 e. The largest absolute Gasteiger partial charge is 0.250 e. The van der Waals surface area contributed by atoms with Crippen molar-refractivity contribution in [2.75, 3.05) is 0 Å². The zero-order valence-electron chi connectivity index (χ0n) is 18.2. The van der Waals surface area contributed by atoms with Gasteiger partial charge in [-0.3, -0.25) is 4.99 Å². The minimum atomic E-state index is -0.117. The van der Waals surface area contributed by atoms with Crippen LogP contribution in [-0.4, -0.2) is 10.7 Å². The molecule has 0 atom stereocenters. The summed E-state index contributed by atoms with van der Waals surface area (Å²) < 4.78 is 0. The van der Waals surface area contributed by atoms with E-state index in [-0.39, 0.29) is 5.41 Å². The van der Waals surface area contributed by atoms with Crippen molar-refractivity contribution in [2.24, 2.45) is 10.4 Å². The summed E-state index contributed by atoms with van der Waals surface area (Å²) in [6.07, 6.45) is 0. The lowest BCUT2D eigenvalue weighted by molar-refractivity contribution is 0.590. The summed E-state index contributed by atoms with van der Waals surface area (Å²) in [6, 6.07) is 19.1. The summed E-state index contributed by atoms with van der Waals surface area (Å²) in [5.74, 6) is 0.839. The summed E-state index contributed by atoms with van der Waals surface area (Å²) in [5.41, 5.74) is 6.61. The van der Waals surface area contributed by atoms with Crippen LogP contribution in [0.4, 0.5) is 5.69 Å². The Morgan fingerprint density at radius 3 is 1.96 bits per heavy atom. The number of benzene rings is 2. The molecule has 0 aliphatic heterocycles. The molecule has 0 aliphatic carbocycles. The van der Waals surface area contributed by atoms with Crippen molar-refractivity contribution in [3.05, 3.63) is 71.4 Å². The van der Waals surface area contributed by atoms with Crippen LogP contribution in [-0.2, 0) is 0 Å². The van der Waals surface area contributed by atoms with E-state index >= 15 is 0 Å². The Morgan fingerprint density at radius 2 is 1.39 bits per heavy atom. The fourth-order valence-electron chi connectivity index (χ4n) is 3.56. The molecule has 28 heavy (non-hydrogen) atoms. The van der Waals surface area contributed by atoms with Gasteiger partial charge in [0.1, 0.15) is 0 Å². The Balaban J connectivity index is 2.27. The van der Waals surface area contributed by atoms with E-state index in [0.29, 0.717) is 11.8 Å². The van der Waals surface area contributed by atoms with Gasteiger partial charge >= 0.3 is 0 Å². The lowest BCUT2D eigenvalue weighted by Crippen LogP contribution is -2.22. The van der Waals surface area contributed by atoms with E-state index < -0.39 is 0 Å².